The number of halogens is 1. The molecule has 4 nitrogen and oxygen atoms in total. The quantitative estimate of drug-likeness (QED) is 0.875. The summed E-state index contributed by atoms with van der Waals surface area (Å²) in [4.78, 5) is 8.91. The highest BCUT2D eigenvalue weighted by atomic mass is 79.9. The topological polar surface area (TPSA) is 49.8 Å². The lowest BCUT2D eigenvalue weighted by Crippen LogP contribution is -2.05. The zero-order chi connectivity index (χ0) is 13.7. The predicted octanol–water partition coefficient (Wildman–Crippen LogP) is 3.98. The molecule has 0 aliphatic heterocycles. The standard InChI is InChI=1S/C14H17BrN4/c1-3-12-18-13(16-4-2)9-14(19-12)17-11-7-5-10(15)6-8-11/h5-9H,3-4H2,1-2H3,(H2,16,17,18,19). The van der Waals surface area contributed by atoms with Gasteiger partial charge in [-0.2, -0.15) is 0 Å². The van der Waals surface area contributed by atoms with E-state index < -0.39 is 0 Å². The molecule has 1 aromatic heterocycles. The number of nitrogens with zero attached hydrogens (tertiary/aromatic N) is 2. The van der Waals surface area contributed by atoms with Gasteiger partial charge in [0, 0.05) is 29.2 Å². The lowest BCUT2D eigenvalue weighted by Gasteiger charge is -2.10. The van der Waals surface area contributed by atoms with Gasteiger partial charge in [0.2, 0.25) is 0 Å². The van der Waals surface area contributed by atoms with Crippen molar-refractivity contribution in [1.82, 2.24) is 9.97 Å². The van der Waals surface area contributed by atoms with Gasteiger partial charge >= 0.3 is 0 Å². The fraction of sp³-hybridized carbons (Fsp3) is 0.286. The second-order valence-corrected chi connectivity index (χ2v) is 4.99. The molecule has 100 valence electrons. The van der Waals surface area contributed by atoms with E-state index in [4.69, 9.17) is 0 Å². The first-order valence-electron chi connectivity index (χ1n) is 6.35. The number of hydrogen-bond donors (Lipinski definition) is 2. The van der Waals surface area contributed by atoms with E-state index >= 15 is 0 Å². The molecular formula is C14H17BrN4. The van der Waals surface area contributed by atoms with Gasteiger partial charge in [0.05, 0.1) is 0 Å². The van der Waals surface area contributed by atoms with E-state index in [2.05, 4.69) is 50.4 Å². The van der Waals surface area contributed by atoms with Crippen LogP contribution < -0.4 is 10.6 Å². The first kappa shape index (κ1) is 13.8. The molecule has 0 saturated carbocycles. The highest BCUT2D eigenvalue weighted by molar-refractivity contribution is 9.10. The van der Waals surface area contributed by atoms with Crippen molar-refractivity contribution in [1.29, 1.82) is 0 Å². The van der Waals surface area contributed by atoms with Gasteiger partial charge in [0.25, 0.3) is 0 Å². The normalized spacial score (nSPS) is 10.3. The maximum atomic E-state index is 4.48. The van der Waals surface area contributed by atoms with Crippen LogP contribution in [-0.4, -0.2) is 16.5 Å². The average molecular weight is 321 g/mol. The number of benzene rings is 1. The smallest absolute Gasteiger partial charge is 0.136 e. The van der Waals surface area contributed by atoms with Gasteiger partial charge < -0.3 is 10.6 Å². The van der Waals surface area contributed by atoms with Gasteiger partial charge in [0.15, 0.2) is 0 Å². The molecule has 19 heavy (non-hydrogen) atoms. The Bertz CT molecular complexity index is 540. The Morgan fingerprint density at radius 1 is 1.05 bits per heavy atom. The monoisotopic (exact) mass is 320 g/mol. The molecule has 5 heteroatoms. The van der Waals surface area contributed by atoms with E-state index in [1.54, 1.807) is 0 Å². The van der Waals surface area contributed by atoms with Crippen LogP contribution in [0.1, 0.15) is 19.7 Å². The maximum Gasteiger partial charge on any atom is 0.136 e. The van der Waals surface area contributed by atoms with Crippen molar-refractivity contribution in [2.75, 3.05) is 17.2 Å². The highest BCUT2D eigenvalue weighted by Gasteiger charge is 2.03. The molecule has 0 spiro atoms. The summed E-state index contributed by atoms with van der Waals surface area (Å²) in [6.07, 6.45) is 0.814. The van der Waals surface area contributed by atoms with Gasteiger partial charge in [-0.05, 0) is 31.2 Å². The maximum absolute atomic E-state index is 4.48. The van der Waals surface area contributed by atoms with Crippen molar-refractivity contribution in [2.45, 2.75) is 20.3 Å². The molecule has 0 aliphatic rings. The van der Waals surface area contributed by atoms with Crippen molar-refractivity contribution in [3.8, 4) is 0 Å². The third-order valence-electron chi connectivity index (χ3n) is 2.56. The molecule has 0 bridgehead atoms. The molecule has 0 atom stereocenters. The Hall–Kier alpha value is -1.62. The van der Waals surface area contributed by atoms with E-state index in [1.165, 1.54) is 0 Å². The summed E-state index contributed by atoms with van der Waals surface area (Å²) >= 11 is 3.42. The predicted molar refractivity (Wildman–Crippen MR) is 83.0 cm³/mol. The van der Waals surface area contributed by atoms with E-state index in [0.717, 1.165) is 40.6 Å². The van der Waals surface area contributed by atoms with Crippen LogP contribution in [0.5, 0.6) is 0 Å². The molecule has 2 N–H and O–H groups in total. The second kappa shape index (κ2) is 6.52. The van der Waals surface area contributed by atoms with Crippen molar-refractivity contribution in [3.63, 3.8) is 0 Å². The molecular weight excluding hydrogens is 304 g/mol. The summed E-state index contributed by atoms with van der Waals surface area (Å²) in [5, 5.41) is 6.51. The van der Waals surface area contributed by atoms with Crippen LogP contribution in [0.25, 0.3) is 0 Å². The summed E-state index contributed by atoms with van der Waals surface area (Å²) in [6.45, 7) is 4.95. The van der Waals surface area contributed by atoms with Gasteiger partial charge in [0.1, 0.15) is 17.5 Å². The van der Waals surface area contributed by atoms with Gasteiger partial charge in [-0.1, -0.05) is 22.9 Å². The van der Waals surface area contributed by atoms with Crippen LogP contribution in [0.4, 0.5) is 17.3 Å². The third-order valence-corrected chi connectivity index (χ3v) is 3.09. The number of aryl methyl sites for hydroxylation is 1. The van der Waals surface area contributed by atoms with Crippen LogP contribution in [0.2, 0.25) is 0 Å². The molecule has 1 heterocycles. The molecule has 0 amide bonds. The fourth-order valence-electron chi connectivity index (χ4n) is 1.67. The van der Waals surface area contributed by atoms with E-state index in [0.29, 0.717) is 0 Å². The van der Waals surface area contributed by atoms with Crippen LogP contribution in [0, 0.1) is 0 Å². The Labute approximate surface area is 121 Å². The first-order chi connectivity index (χ1) is 9.21. The number of aromatic nitrogens is 2. The fourth-order valence-corrected chi connectivity index (χ4v) is 1.94. The van der Waals surface area contributed by atoms with Crippen molar-refractivity contribution in [2.24, 2.45) is 0 Å². The molecule has 0 radical (unpaired) electrons. The lowest BCUT2D eigenvalue weighted by atomic mass is 10.3. The van der Waals surface area contributed by atoms with E-state index in [9.17, 15) is 0 Å². The molecule has 2 rings (SSSR count). The van der Waals surface area contributed by atoms with Crippen LogP contribution in [-0.2, 0) is 6.42 Å². The molecule has 0 unspecified atom stereocenters. The minimum Gasteiger partial charge on any atom is -0.370 e. The number of rotatable bonds is 5. The summed E-state index contributed by atoms with van der Waals surface area (Å²) < 4.78 is 1.06. The van der Waals surface area contributed by atoms with E-state index in [-0.39, 0.29) is 0 Å². The van der Waals surface area contributed by atoms with Gasteiger partial charge in [-0.15, -0.1) is 0 Å². The third kappa shape index (κ3) is 3.92. The van der Waals surface area contributed by atoms with Crippen molar-refractivity contribution in [3.05, 3.63) is 40.6 Å². The van der Waals surface area contributed by atoms with Crippen LogP contribution >= 0.6 is 15.9 Å². The van der Waals surface area contributed by atoms with Gasteiger partial charge in [-0.3, -0.25) is 0 Å². The van der Waals surface area contributed by atoms with Crippen molar-refractivity contribution < 1.29 is 0 Å². The summed E-state index contributed by atoms with van der Waals surface area (Å²) in [5.74, 6) is 2.50. The van der Waals surface area contributed by atoms with E-state index in [1.807, 2.05) is 30.3 Å². The molecule has 2 aromatic rings. The minimum absolute atomic E-state index is 0.810. The SMILES string of the molecule is CCNc1cc(Nc2ccc(Br)cc2)nc(CC)n1. The van der Waals surface area contributed by atoms with Crippen LogP contribution in [0.3, 0.4) is 0 Å². The molecule has 0 fully saturated rings. The summed E-state index contributed by atoms with van der Waals surface area (Å²) in [7, 11) is 0. The van der Waals surface area contributed by atoms with Gasteiger partial charge in [-0.25, -0.2) is 9.97 Å². The number of anilines is 3. The average Bonchev–Trinajstić information content (AvgIpc) is 2.41. The number of nitrogens with one attached hydrogen (secondary N) is 2. The molecule has 0 saturated heterocycles. The molecule has 0 aliphatic carbocycles. The largest absolute Gasteiger partial charge is 0.370 e. The summed E-state index contributed by atoms with van der Waals surface area (Å²) in [6, 6.07) is 9.92. The Kier molecular flexibility index (Phi) is 4.74. The zero-order valence-corrected chi connectivity index (χ0v) is 12.7. The minimum atomic E-state index is 0.810. The Morgan fingerprint density at radius 2 is 1.74 bits per heavy atom. The molecule has 1 aromatic carbocycles. The van der Waals surface area contributed by atoms with Crippen molar-refractivity contribution >= 4 is 33.3 Å². The first-order valence-corrected chi connectivity index (χ1v) is 7.15. The highest BCUT2D eigenvalue weighted by Crippen LogP contribution is 2.19. The van der Waals surface area contributed by atoms with Crippen LogP contribution in [0.15, 0.2) is 34.8 Å². The summed E-state index contributed by atoms with van der Waals surface area (Å²) in [5.41, 5.74) is 1.01. The Morgan fingerprint density at radius 3 is 2.37 bits per heavy atom. The zero-order valence-electron chi connectivity index (χ0n) is 11.1. The number of hydrogen-bond acceptors (Lipinski definition) is 4. The Balaban J connectivity index is 2.23. The second-order valence-electron chi connectivity index (χ2n) is 4.07. The lowest BCUT2D eigenvalue weighted by molar-refractivity contribution is 0.939.